The summed E-state index contributed by atoms with van der Waals surface area (Å²) in [5.74, 6) is -1.27. The van der Waals surface area contributed by atoms with Gasteiger partial charge >= 0.3 is 6.18 Å². The lowest BCUT2D eigenvalue weighted by molar-refractivity contribution is -0.137. The molecule has 25 heavy (non-hydrogen) atoms. The number of aromatic nitrogens is 2. The van der Waals surface area contributed by atoms with Crippen molar-refractivity contribution >= 4 is 23.5 Å². The number of aliphatic imine (C=N–C) groups is 1. The molecule has 0 atom stereocenters. The maximum atomic E-state index is 13.3. The molecule has 0 bridgehead atoms. The van der Waals surface area contributed by atoms with Crippen LogP contribution in [0.5, 0.6) is 0 Å². The largest absolute Gasteiger partial charge is 0.418 e. The van der Waals surface area contributed by atoms with Crippen LogP contribution in [0.2, 0.25) is 5.02 Å². The van der Waals surface area contributed by atoms with Gasteiger partial charge in [-0.25, -0.2) is 4.68 Å². The number of hydrogen-bond acceptors (Lipinski definition) is 2. The van der Waals surface area contributed by atoms with Crippen LogP contribution in [-0.2, 0) is 6.18 Å². The fourth-order valence-corrected chi connectivity index (χ4v) is 2.73. The monoisotopic (exact) mass is 371 g/mol. The van der Waals surface area contributed by atoms with Gasteiger partial charge in [0.25, 0.3) is 5.91 Å². The van der Waals surface area contributed by atoms with Gasteiger partial charge in [-0.15, -0.1) is 0 Å². The Morgan fingerprint density at radius 1 is 1.32 bits per heavy atom. The SMILES string of the molecule is NC(N)=NC(=O)c1cnn(-c2cc(Cl)ccc2C(F)(F)F)c1C1CC1. The summed E-state index contributed by atoms with van der Waals surface area (Å²) in [4.78, 5) is 15.6. The van der Waals surface area contributed by atoms with Gasteiger partial charge in [-0.3, -0.25) is 4.79 Å². The zero-order valence-corrected chi connectivity index (χ0v) is 13.5. The summed E-state index contributed by atoms with van der Waals surface area (Å²) in [6.07, 6.45) is -1.97. The van der Waals surface area contributed by atoms with E-state index in [0.717, 1.165) is 35.7 Å². The lowest BCUT2D eigenvalue weighted by Crippen LogP contribution is -2.24. The molecular weight excluding hydrogens is 359 g/mol. The van der Waals surface area contributed by atoms with E-state index in [9.17, 15) is 18.0 Å². The highest BCUT2D eigenvalue weighted by Gasteiger charge is 2.38. The Morgan fingerprint density at radius 2 is 2.00 bits per heavy atom. The minimum absolute atomic E-state index is 0.0731. The number of halogens is 4. The van der Waals surface area contributed by atoms with Crippen molar-refractivity contribution in [2.75, 3.05) is 0 Å². The summed E-state index contributed by atoms with van der Waals surface area (Å²) in [6, 6.07) is 3.20. The van der Waals surface area contributed by atoms with Crippen molar-refractivity contribution < 1.29 is 18.0 Å². The standard InChI is InChI=1S/C15H13ClF3N5O/c16-8-3-4-10(15(17,18)19)11(5-8)24-12(7-1-2-7)9(6-22-24)13(25)23-14(20)21/h3-7H,1-2H2,(H4,20,21,23,25). The normalized spacial score (nSPS) is 14.4. The van der Waals surface area contributed by atoms with Crippen molar-refractivity contribution in [2.24, 2.45) is 16.5 Å². The summed E-state index contributed by atoms with van der Waals surface area (Å²) in [5.41, 5.74) is 9.69. The highest BCUT2D eigenvalue weighted by Crippen LogP contribution is 2.44. The molecule has 1 saturated carbocycles. The molecular formula is C15H13ClF3N5O. The van der Waals surface area contributed by atoms with Crippen molar-refractivity contribution in [1.29, 1.82) is 0 Å². The number of alkyl halides is 3. The second-order valence-corrected chi connectivity index (χ2v) is 6.07. The fourth-order valence-electron chi connectivity index (χ4n) is 2.56. The van der Waals surface area contributed by atoms with Crippen molar-refractivity contribution in [3.63, 3.8) is 0 Å². The summed E-state index contributed by atoms with van der Waals surface area (Å²) in [6.45, 7) is 0. The maximum Gasteiger partial charge on any atom is 0.418 e. The van der Waals surface area contributed by atoms with Crippen LogP contribution < -0.4 is 11.5 Å². The molecule has 10 heteroatoms. The average molecular weight is 372 g/mol. The first-order chi connectivity index (χ1) is 11.7. The molecule has 4 N–H and O–H groups in total. The van der Waals surface area contributed by atoms with E-state index in [4.69, 9.17) is 23.1 Å². The van der Waals surface area contributed by atoms with Crippen LogP contribution in [0.4, 0.5) is 13.2 Å². The summed E-state index contributed by atoms with van der Waals surface area (Å²) < 4.78 is 41.1. The van der Waals surface area contributed by atoms with E-state index in [2.05, 4.69) is 10.1 Å². The molecule has 1 aromatic carbocycles. The number of rotatable bonds is 3. The second-order valence-electron chi connectivity index (χ2n) is 5.63. The first kappa shape index (κ1) is 17.3. The molecule has 1 aromatic heterocycles. The number of carbonyl (C=O) groups excluding carboxylic acids is 1. The second kappa shape index (κ2) is 6.07. The minimum Gasteiger partial charge on any atom is -0.370 e. The summed E-state index contributed by atoms with van der Waals surface area (Å²) >= 11 is 5.87. The van der Waals surface area contributed by atoms with Crippen LogP contribution in [0.3, 0.4) is 0 Å². The molecule has 0 spiro atoms. The molecule has 0 saturated heterocycles. The Labute approximate surface area is 145 Å². The Balaban J connectivity index is 2.20. The number of amides is 1. The molecule has 2 aromatic rings. The van der Waals surface area contributed by atoms with Crippen molar-refractivity contribution in [1.82, 2.24) is 9.78 Å². The highest BCUT2D eigenvalue weighted by atomic mass is 35.5. The van der Waals surface area contributed by atoms with E-state index in [-0.39, 0.29) is 22.2 Å². The smallest absolute Gasteiger partial charge is 0.370 e. The lowest BCUT2D eigenvalue weighted by Gasteiger charge is -2.15. The summed E-state index contributed by atoms with van der Waals surface area (Å²) in [7, 11) is 0. The zero-order chi connectivity index (χ0) is 18.4. The quantitative estimate of drug-likeness (QED) is 0.640. The molecule has 0 aliphatic heterocycles. The van der Waals surface area contributed by atoms with Crippen molar-refractivity contribution in [2.45, 2.75) is 24.9 Å². The van der Waals surface area contributed by atoms with E-state index >= 15 is 0 Å². The summed E-state index contributed by atoms with van der Waals surface area (Å²) in [5, 5.41) is 4.10. The predicted octanol–water partition coefficient (Wildman–Crippen LogP) is 2.84. The molecule has 3 rings (SSSR count). The van der Waals surface area contributed by atoms with E-state index in [1.165, 1.54) is 6.20 Å². The number of benzene rings is 1. The van der Waals surface area contributed by atoms with E-state index in [1.54, 1.807) is 0 Å². The highest BCUT2D eigenvalue weighted by molar-refractivity contribution is 6.30. The number of nitrogens with zero attached hydrogens (tertiary/aromatic N) is 3. The van der Waals surface area contributed by atoms with Gasteiger partial charge in [0.05, 0.1) is 28.7 Å². The average Bonchev–Trinajstić information content (AvgIpc) is 3.23. The fraction of sp³-hybridized carbons (Fsp3) is 0.267. The predicted molar refractivity (Wildman–Crippen MR) is 85.7 cm³/mol. The number of hydrogen-bond donors (Lipinski definition) is 2. The zero-order valence-electron chi connectivity index (χ0n) is 12.7. The Kier molecular flexibility index (Phi) is 4.19. The maximum absolute atomic E-state index is 13.3. The van der Waals surface area contributed by atoms with Gasteiger partial charge in [-0.05, 0) is 31.0 Å². The van der Waals surface area contributed by atoms with Crippen LogP contribution in [0.25, 0.3) is 5.69 Å². The molecule has 6 nitrogen and oxygen atoms in total. The van der Waals surface area contributed by atoms with E-state index in [1.807, 2.05) is 0 Å². The topological polar surface area (TPSA) is 99.3 Å². The number of nitrogens with two attached hydrogens (primary N) is 2. The number of guanidine groups is 1. The van der Waals surface area contributed by atoms with Gasteiger partial charge in [0.1, 0.15) is 0 Å². The van der Waals surface area contributed by atoms with Gasteiger partial charge in [-0.1, -0.05) is 11.6 Å². The van der Waals surface area contributed by atoms with Crippen LogP contribution in [0.15, 0.2) is 29.4 Å². The first-order valence-electron chi connectivity index (χ1n) is 7.27. The van der Waals surface area contributed by atoms with Crippen LogP contribution >= 0.6 is 11.6 Å². The first-order valence-corrected chi connectivity index (χ1v) is 7.65. The van der Waals surface area contributed by atoms with Crippen molar-refractivity contribution in [3.8, 4) is 5.69 Å². The third-order valence-electron chi connectivity index (χ3n) is 3.72. The van der Waals surface area contributed by atoms with Gasteiger partial charge in [-0.2, -0.15) is 23.3 Å². The molecule has 1 amide bonds. The number of carbonyl (C=O) groups is 1. The third kappa shape index (κ3) is 3.46. The minimum atomic E-state index is -4.60. The van der Waals surface area contributed by atoms with Gasteiger partial charge in [0.15, 0.2) is 5.96 Å². The van der Waals surface area contributed by atoms with Gasteiger partial charge in [0, 0.05) is 10.9 Å². The molecule has 1 heterocycles. The molecule has 1 aliphatic carbocycles. The van der Waals surface area contributed by atoms with E-state index in [0.29, 0.717) is 5.69 Å². The molecule has 0 unspecified atom stereocenters. The Hall–Kier alpha value is -2.55. The third-order valence-corrected chi connectivity index (χ3v) is 3.96. The molecule has 1 aliphatic rings. The molecule has 132 valence electrons. The molecule has 1 fully saturated rings. The van der Waals surface area contributed by atoms with Crippen molar-refractivity contribution in [3.05, 3.63) is 46.2 Å². The van der Waals surface area contributed by atoms with Crippen LogP contribution in [0, 0.1) is 0 Å². The van der Waals surface area contributed by atoms with Gasteiger partial charge in [0.2, 0.25) is 0 Å². The van der Waals surface area contributed by atoms with Crippen LogP contribution in [0.1, 0.15) is 40.4 Å². The Morgan fingerprint density at radius 3 is 2.56 bits per heavy atom. The lowest BCUT2D eigenvalue weighted by atomic mass is 10.1. The Bertz CT molecular complexity index is 867. The van der Waals surface area contributed by atoms with E-state index < -0.39 is 23.6 Å². The van der Waals surface area contributed by atoms with Gasteiger partial charge < -0.3 is 11.5 Å². The molecule has 0 radical (unpaired) electrons. The van der Waals surface area contributed by atoms with Crippen LogP contribution in [-0.4, -0.2) is 21.6 Å².